The molecule has 1 fully saturated rings. The fourth-order valence-electron chi connectivity index (χ4n) is 2.27. The van der Waals surface area contributed by atoms with Crippen LogP contribution in [-0.4, -0.2) is 35.0 Å². The summed E-state index contributed by atoms with van der Waals surface area (Å²) in [4.78, 5) is 24.8. The third kappa shape index (κ3) is 2.85. The van der Waals surface area contributed by atoms with E-state index in [1.165, 1.54) is 6.07 Å². The van der Waals surface area contributed by atoms with Crippen LogP contribution >= 0.6 is 23.2 Å². The number of amides is 1. The van der Waals surface area contributed by atoms with Gasteiger partial charge in [0.2, 0.25) is 0 Å². The first-order chi connectivity index (χ1) is 8.90. The molecule has 1 heterocycles. The van der Waals surface area contributed by atoms with Crippen LogP contribution in [0.25, 0.3) is 0 Å². The van der Waals surface area contributed by atoms with Crippen LogP contribution in [0.1, 0.15) is 17.3 Å². The standard InChI is InChI=1S/C13H13Cl2NO3/c1-7-5-16(6-9(7)13(18)19)12(17)8-2-3-10(14)11(15)4-8/h2-4,7,9H,5-6H2,1H3,(H,18,19)/t7-,9-/m1/s1. The third-order valence-electron chi connectivity index (χ3n) is 3.38. The Kier molecular flexibility index (Phi) is 4.02. The number of benzene rings is 1. The Hall–Kier alpha value is -1.26. The fourth-order valence-corrected chi connectivity index (χ4v) is 2.56. The molecule has 0 aromatic heterocycles. The van der Waals surface area contributed by atoms with E-state index < -0.39 is 11.9 Å². The van der Waals surface area contributed by atoms with Crippen molar-refractivity contribution >= 4 is 35.1 Å². The van der Waals surface area contributed by atoms with Gasteiger partial charge in [0.25, 0.3) is 5.91 Å². The van der Waals surface area contributed by atoms with Gasteiger partial charge in [-0.3, -0.25) is 9.59 Å². The molecule has 6 heteroatoms. The molecule has 1 aromatic rings. The van der Waals surface area contributed by atoms with Gasteiger partial charge in [-0.1, -0.05) is 30.1 Å². The van der Waals surface area contributed by atoms with E-state index in [-0.39, 0.29) is 18.4 Å². The topological polar surface area (TPSA) is 57.6 Å². The predicted molar refractivity (Wildman–Crippen MR) is 72.7 cm³/mol. The van der Waals surface area contributed by atoms with Crippen LogP contribution < -0.4 is 0 Å². The zero-order chi connectivity index (χ0) is 14.2. The molecule has 1 aliphatic heterocycles. The molecule has 1 saturated heterocycles. The second-order valence-corrected chi connectivity index (χ2v) is 5.58. The lowest BCUT2D eigenvalue weighted by Gasteiger charge is -2.16. The SMILES string of the molecule is C[C@@H]1CN(C(=O)c2ccc(Cl)c(Cl)c2)C[C@H]1C(=O)O. The van der Waals surface area contributed by atoms with E-state index >= 15 is 0 Å². The minimum atomic E-state index is -0.864. The second kappa shape index (κ2) is 5.39. The van der Waals surface area contributed by atoms with E-state index in [9.17, 15) is 9.59 Å². The highest BCUT2D eigenvalue weighted by atomic mass is 35.5. The van der Waals surface area contributed by atoms with Crippen molar-refractivity contribution in [2.45, 2.75) is 6.92 Å². The number of nitrogens with zero attached hydrogens (tertiary/aromatic N) is 1. The second-order valence-electron chi connectivity index (χ2n) is 4.76. The zero-order valence-corrected chi connectivity index (χ0v) is 11.8. The van der Waals surface area contributed by atoms with E-state index in [0.29, 0.717) is 22.2 Å². The number of carbonyl (C=O) groups is 2. The van der Waals surface area contributed by atoms with E-state index in [1.807, 2.05) is 6.92 Å². The maximum Gasteiger partial charge on any atom is 0.308 e. The maximum atomic E-state index is 12.3. The summed E-state index contributed by atoms with van der Waals surface area (Å²) in [6, 6.07) is 4.66. The largest absolute Gasteiger partial charge is 0.481 e. The molecule has 0 unspecified atom stereocenters. The van der Waals surface area contributed by atoms with Crippen molar-refractivity contribution in [2.24, 2.45) is 11.8 Å². The quantitative estimate of drug-likeness (QED) is 0.914. The summed E-state index contributed by atoms with van der Waals surface area (Å²) >= 11 is 11.7. The highest BCUT2D eigenvalue weighted by Gasteiger charge is 2.37. The van der Waals surface area contributed by atoms with Crippen molar-refractivity contribution in [3.63, 3.8) is 0 Å². The number of carboxylic acid groups (broad SMARTS) is 1. The van der Waals surface area contributed by atoms with Crippen molar-refractivity contribution in [1.82, 2.24) is 4.90 Å². The van der Waals surface area contributed by atoms with Crippen molar-refractivity contribution in [1.29, 1.82) is 0 Å². The number of hydrogen-bond acceptors (Lipinski definition) is 2. The minimum Gasteiger partial charge on any atom is -0.481 e. The van der Waals surface area contributed by atoms with Crippen molar-refractivity contribution in [3.05, 3.63) is 33.8 Å². The van der Waals surface area contributed by atoms with Crippen LogP contribution in [0.5, 0.6) is 0 Å². The first-order valence-electron chi connectivity index (χ1n) is 5.87. The molecule has 102 valence electrons. The lowest BCUT2D eigenvalue weighted by atomic mass is 9.99. The minimum absolute atomic E-state index is 0.0516. The number of carbonyl (C=O) groups excluding carboxylic acids is 1. The molecule has 2 atom stereocenters. The summed E-state index contributed by atoms with van der Waals surface area (Å²) in [7, 11) is 0. The Labute approximate surface area is 120 Å². The number of carboxylic acids is 1. The molecule has 0 radical (unpaired) electrons. The molecule has 1 amide bonds. The number of likely N-dealkylation sites (tertiary alicyclic amines) is 1. The Morgan fingerprint density at radius 1 is 1.26 bits per heavy atom. The van der Waals surface area contributed by atoms with Gasteiger partial charge in [-0.25, -0.2) is 0 Å². The Morgan fingerprint density at radius 3 is 2.47 bits per heavy atom. The summed E-state index contributed by atoms with van der Waals surface area (Å²) in [5.41, 5.74) is 0.424. The summed E-state index contributed by atoms with van der Waals surface area (Å²) < 4.78 is 0. The van der Waals surface area contributed by atoms with Crippen LogP contribution in [0.3, 0.4) is 0 Å². The number of hydrogen-bond donors (Lipinski definition) is 1. The lowest BCUT2D eigenvalue weighted by molar-refractivity contribution is -0.142. The van der Waals surface area contributed by atoms with E-state index in [0.717, 1.165) is 0 Å². The molecule has 0 aliphatic carbocycles. The molecule has 2 rings (SSSR count). The van der Waals surface area contributed by atoms with Crippen molar-refractivity contribution in [2.75, 3.05) is 13.1 Å². The van der Waals surface area contributed by atoms with Crippen LogP contribution in [0.2, 0.25) is 10.0 Å². The zero-order valence-electron chi connectivity index (χ0n) is 10.3. The number of aliphatic carboxylic acids is 1. The van der Waals surface area contributed by atoms with Crippen LogP contribution in [0, 0.1) is 11.8 Å². The van der Waals surface area contributed by atoms with Crippen LogP contribution in [-0.2, 0) is 4.79 Å². The van der Waals surface area contributed by atoms with Gasteiger partial charge in [0.1, 0.15) is 0 Å². The van der Waals surface area contributed by atoms with Gasteiger partial charge >= 0.3 is 5.97 Å². The predicted octanol–water partition coefficient (Wildman–Crippen LogP) is 2.79. The van der Waals surface area contributed by atoms with E-state index in [1.54, 1.807) is 17.0 Å². The van der Waals surface area contributed by atoms with E-state index in [4.69, 9.17) is 28.3 Å². The summed E-state index contributed by atoms with van der Waals surface area (Å²) in [5.74, 6) is -1.64. The molecule has 0 bridgehead atoms. The van der Waals surface area contributed by atoms with Gasteiger partial charge in [0.15, 0.2) is 0 Å². The highest BCUT2D eigenvalue weighted by Crippen LogP contribution is 2.27. The molecule has 4 nitrogen and oxygen atoms in total. The molecule has 0 saturated carbocycles. The summed E-state index contributed by atoms with van der Waals surface area (Å²) in [6.45, 7) is 2.51. The van der Waals surface area contributed by atoms with Gasteiger partial charge in [-0.05, 0) is 24.1 Å². The molecule has 1 aliphatic rings. The first kappa shape index (κ1) is 14.2. The van der Waals surface area contributed by atoms with Crippen LogP contribution in [0.15, 0.2) is 18.2 Å². The van der Waals surface area contributed by atoms with Crippen LogP contribution in [0.4, 0.5) is 0 Å². The molecule has 1 aromatic carbocycles. The number of halogens is 2. The first-order valence-corrected chi connectivity index (χ1v) is 6.63. The maximum absolute atomic E-state index is 12.3. The summed E-state index contributed by atoms with van der Waals surface area (Å²) in [5, 5.41) is 9.76. The molecule has 19 heavy (non-hydrogen) atoms. The molecule has 1 N–H and O–H groups in total. The Balaban J connectivity index is 2.17. The average molecular weight is 302 g/mol. The normalized spacial score (nSPS) is 22.6. The average Bonchev–Trinajstić information content (AvgIpc) is 2.74. The smallest absolute Gasteiger partial charge is 0.308 e. The van der Waals surface area contributed by atoms with Crippen molar-refractivity contribution < 1.29 is 14.7 Å². The van der Waals surface area contributed by atoms with Gasteiger partial charge in [0, 0.05) is 18.7 Å². The van der Waals surface area contributed by atoms with Gasteiger partial charge in [0.05, 0.1) is 16.0 Å². The highest BCUT2D eigenvalue weighted by molar-refractivity contribution is 6.42. The van der Waals surface area contributed by atoms with Crippen molar-refractivity contribution in [3.8, 4) is 0 Å². The lowest BCUT2D eigenvalue weighted by Crippen LogP contribution is -2.29. The monoisotopic (exact) mass is 301 g/mol. The van der Waals surface area contributed by atoms with Gasteiger partial charge in [-0.15, -0.1) is 0 Å². The molecular weight excluding hydrogens is 289 g/mol. The summed E-state index contributed by atoms with van der Waals surface area (Å²) in [6.07, 6.45) is 0. The Bertz CT molecular complexity index is 533. The molecular formula is C13H13Cl2NO3. The number of rotatable bonds is 2. The third-order valence-corrected chi connectivity index (χ3v) is 4.12. The fraction of sp³-hybridized carbons (Fsp3) is 0.385. The van der Waals surface area contributed by atoms with Gasteiger partial charge < -0.3 is 10.0 Å². The van der Waals surface area contributed by atoms with E-state index in [2.05, 4.69) is 0 Å². The van der Waals surface area contributed by atoms with Gasteiger partial charge in [-0.2, -0.15) is 0 Å². The Morgan fingerprint density at radius 2 is 1.95 bits per heavy atom. The molecule has 0 spiro atoms.